The molecule has 0 bridgehead atoms. The lowest BCUT2D eigenvalue weighted by Gasteiger charge is -2.09. The number of benzene rings is 1. The van der Waals surface area contributed by atoms with E-state index in [1.807, 2.05) is 12.1 Å². The summed E-state index contributed by atoms with van der Waals surface area (Å²) < 4.78 is 28.3. The molecule has 0 fully saturated rings. The largest absolute Gasteiger partial charge is 0.435 e. The van der Waals surface area contributed by atoms with Crippen molar-refractivity contribution in [3.8, 4) is 5.75 Å². The Morgan fingerprint density at radius 3 is 2.47 bits per heavy atom. The van der Waals surface area contributed by atoms with Gasteiger partial charge in [0.1, 0.15) is 11.6 Å². The fourth-order valence-corrected chi connectivity index (χ4v) is 1.53. The number of nitrogens with zero attached hydrogens (tertiary/aromatic N) is 1. The first-order valence-corrected chi connectivity index (χ1v) is 5.63. The minimum absolute atomic E-state index is 0.131. The third kappa shape index (κ3) is 3.80. The summed E-state index contributed by atoms with van der Waals surface area (Å²) in [5.74, 6) is 0.869. The molecule has 0 spiro atoms. The summed E-state index contributed by atoms with van der Waals surface area (Å²) in [7, 11) is 1.78. The molecule has 1 aromatic heterocycles. The molecule has 4 nitrogen and oxygen atoms in total. The van der Waals surface area contributed by atoms with Gasteiger partial charge >= 0.3 is 6.61 Å². The Hall–Kier alpha value is -2.37. The van der Waals surface area contributed by atoms with E-state index in [-0.39, 0.29) is 5.75 Å². The minimum atomic E-state index is -2.81. The average molecular weight is 265 g/mol. The topological polar surface area (TPSA) is 46.2 Å². The molecule has 0 amide bonds. The van der Waals surface area contributed by atoms with Gasteiger partial charge < -0.3 is 15.4 Å². The predicted molar refractivity (Wildman–Crippen MR) is 70.1 cm³/mol. The summed E-state index contributed by atoms with van der Waals surface area (Å²) in [6.45, 7) is -2.81. The van der Waals surface area contributed by atoms with Crippen LogP contribution in [-0.2, 0) is 0 Å². The number of halogens is 2. The van der Waals surface area contributed by atoms with E-state index in [2.05, 4.69) is 20.4 Å². The van der Waals surface area contributed by atoms with Gasteiger partial charge in [0.05, 0.1) is 0 Å². The molecule has 0 radical (unpaired) electrons. The lowest BCUT2D eigenvalue weighted by Crippen LogP contribution is -2.01. The summed E-state index contributed by atoms with van der Waals surface area (Å²) >= 11 is 0. The number of ether oxygens (including phenoxy) is 1. The van der Waals surface area contributed by atoms with E-state index in [1.165, 1.54) is 12.1 Å². The molecule has 2 N–H and O–H groups in total. The van der Waals surface area contributed by atoms with Gasteiger partial charge in [-0.1, -0.05) is 0 Å². The molecule has 0 saturated carbocycles. The Bertz CT molecular complexity index is 532. The number of rotatable bonds is 5. The average Bonchev–Trinajstić information content (AvgIpc) is 2.41. The van der Waals surface area contributed by atoms with Crippen molar-refractivity contribution in [3.05, 3.63) is 42.6 Å². The number of anilines is 3. The van der Waals surface area contributed by atoms with Gasteiger partial charge in [-0.15, -0.1) is 0 Å². The normalized spacial score (nSPS) is 10.3. The number of aromatic nitrogens is 1. The van der Waals surface area contributed by atoms with Crippen LogP contribution in [0.2, 0.25) is 0 Å². The molecule has 1 heterocycles. The monoisotopic (exact) mass is 265 g/mol. The second-order valence-electron chi connectivity index (χ2n) is 3.71. The molecule has 6 heteroatoms. The van der Waals surface area contributed by atoms with Crippen LogP contribution in [0.5, 0.6) is 5.75 Å². The molecule has 2 aromatic rings. The van der Waals surface area contributed by atoms with Crippen LogP contribution in [0.25, 0.3) is 0 Å². The minimum Gasteiger partial charge on any atom is -0.435 e. The van der Waals surface area contributed by atoms with Crippen molar-refractivity contribution in [2.75, 3.05) is 17.7 Å². The zero-order valence-electron chi connectivity index (χ0n) is 10.2. The van der Waals surface area contributed by atoms with Crippen molar-refractivity contribution in [3.63, 3.8) is 0 Å². The van der Waals surface area contributed by atoms with E-state index >= 15 is 0 Å². The number of pyridine rings is 1. The van der Waals surface area contributed by atoms with Gasteiger partial charge in [0.2, 0.25) is 0 Å². The maximum atomic E-state index is 12.0. The van der Waals surface area contributed by atoms with Crippen LogP contribution < -0.4 is 15.4 Å². The van der Waals surface area contributed by atoms with E-state index < -0.39 is 6.61 Å². The highest BCUT2D eigenvalue weighted by molar-refractivity contribution is 5.62. The Morgan fingerprint density at radius 2 is 1.84 bits per heavy atom. The third-order valence-electron chi connectivity index (χ3n) is 2.38. The number of hydrogen-bond donors (Lipinski definition) is 2. The standard InChI is InChI=1S/C13H13F2N3O/c1-16-12-8-10(6-7-17-12)18-9-2-4-11(5-3-9)19-13(14)15/h2-8,13H,1H3,(H2,16,17,18). The van der Waals surface area contributed by atoms with Gasteiger partial charge in [-0.05, 0) is 30.3 Å². The zero-order valence-corrected chi connectivity index (χ0v) is 10.2. The Morgan fingerprint density at radius 1 is 1.11 bits per heavy atom. The van der Waals surface area contributed by atoms with Crippen molar-refractivity contribution >= 4 is 17.2 Å². The molecule has 0 aliphatic rings. The van der Waals surface area contributed by atoms with Crippen molar-refractivity contribution in [1.82, 2.24) is 4.98 Å². The highest BCUT2D eigenvalue weighted by Gasteiger charge is 2.03. The van der Waals surface area contributed by atoms with Crippen LogP contribution in [-0.4, -0.2) is 18.6 Å². The van der Waals surface area contributed by atoms with Crippen LogP contribution in [0.3, 0.4) is 0 Å². The molecule has 0 atom stereocenters. The smallest absolute Gasteiger partial charge is 0.387 e. The Kier molecular flexibility index (Phi) is 4.12. The second-order valence-corrected chi connectivity index (χ2v) is 3.71. The molecule has 0 aliphatic carbocycles. The van der Waals surface area contributed by atoms with Crippen molar-refractivity contribution < 1.29 is 13.5 Å². The summed E-state index contributed by atoms with van der Waals surface area (Å²) in [6, 6.07) is 9.94. The van der Waals surface area contributed by atoms with Crippen LogP contribution >= 0.6 is 0 Å². The SMILES string of the molecule is CNc1cc(Nc2ccc(OC(F)F)cc2)ccn1. The van der Waals surface area contributed by atoms with Gasteiger partial charge in [0.15, 0.2) is 0 Å². The Labute approximate surface area is 109 Å². The molecule has 2 rings (SSSR count). The van der Waals surface area contributed by atoms with Gasteiger partial charge in [-0.25, -0.2) is 4.98 Å². The maximum Gasteiger partial charge on any atom is 0.387 e. The van der Waals surface area contributed by atoms with E-state index in [0.29, 0.717) is 0 Å². The van der Waals surface area contributed by atoms with Crippen LogP contribution in [0.4, 0.5) is 26.0 Å². The van der Waals surface area contributed by atoms with E-state index in [1.54, 1.807) is 25.4 Å². The number of alkyl halides is 2. The van der Waals surface area contributed by atoms with Gasteiger partial charge in [0.25, 0.3) is 0 Å². The van der Waals surface area contributed by atoms with E-state index in [4.69, 9.17) is 0 Å². The van der Waals surface area contributed by atoms with Crippen LogP contribution in [0, 0.1) is 0 Å². The van der Waals surface area contributed by atoms with E-state index in [0.717, 1.165) is 17.2 Å². The lowest BCUT2D eigenvalue weighted by atomic mass is 10.3. The van der Waals surface area contributed by atoms with Crippen LogP contribution in [0.1, 0.15) is 0 Å². The quantitative estimate of drug-likeness (QED) is 0.869. The zero-order chi connectivity index (χ0) is 13.7. The maximum absolute atomic E-state index is 12.0. The summed E-state index contributed by atoms with van der Waals surface area (Å²) in [5, 5.41) is 6.07. The molecule has 100 valence electrons. The summed E-state index contributed by atoms with van der Waals surface area (Å²) in [6.07, 6.45) is 1.67. The highest BCUT2D eigenvalue weighted by Crippen LogP contribution is 2.21. The second kappa shape index (κ2) is 5.99. The first kappa shape index (κ1) is 13.1. The molecule has 1 aromatic carbocycles. The molecule has 19 heavy (non-hydrogen) atoms. The van der Waals surface area contributed by atoms with Gasteiger partial charge in [0, 0.05) is 30.7 Å². The van der Waals surface area contributed by atoms with Crippen molar-refractivity contribution in [1.29, 1.82) is 0 Å². The van der Waals surface area contributed by atoms with E-state index in [9.17, 15) is 8.78 Å². The number of nitrogens with one attached hydrogen (secondary N) is 2. The molecule has 0 aliphatic heterocycles. The summed E-state index contributed by atoms with van der Waals surface area (Å²) in [5.41, 5.74) is 1.62. The predicted octanol–water partition coefficient (Wildman–Crippen LogP) is 3.47. The first-order valence-electron chi connectivity index (χ1n) is 5.63. The highest BCUT2D eigenvalue weighted by atomic mass is 19.3. The van der Waals surface area contributed by atoms with Crippen molar-refractivity contribution in [2.24, 2.45) is 0 Å². The first-order chi connectivity index (χ1) is 9.17. The van der Waals surface area contributed by atoms with Crippen molar-refractivity contribution in [2.45, 2.75) is 6.61 Å². The fourth-order valence-electron chi connectivity index (χ4n) is 1.53. The molecular weight excluding hydrogens is 252 g/mol. The van der Waals surface area contributed by atoms with Crippen LogP contribution in [0.15, 0.2) is 42.6 Å². The summed E-state index contributed by atoms with van der Waals surface area (Å²) in [4.78, 5) is 4.09. The fraction of sp³-hybridized carbons (Fsp3) is 0.154. The molecule has 0 saturated heterocycles. The molecule has 0 unspecified atom stereocenters. The molecular formula is C13H13F2N3O. The van der Waals surface area contributed by atoms with Gasteiger partial charge in [-0.3, -0.25) is 0 Å². The third-order valence-corrected chi connectivity index (χ3v) is 2.38. The van der Waals surface area contributed by atoms with Gasteiger partial charge in [-0.2, -0.15) is 8.78 Å². The lowest BCUT2D eigenvalue weighted by molar-refractivity contribution is -0.0498. The Balaban J connectivity index is 2.06. The number of hydrogen-bond acceptors (Lipinski definition) is 4.